The van der Waals surface area contributed by atoms with Crippen molar-refractivity contribution in [2.45, 2.75) is 33.2 Å². The Bertz CT molecular complexity index is 712. The lowest BCUT2D eigenvalue weighted by molar-refractivity contribution is 0.601. The molecular weight excluding hydrogens is 262 g/mol. The summed E-state index contributed by atoms with van der Waals surface area (Å²) in [5.41, 5.74) is 2.13. The van der Waals surface area contributed by atoms with Gasteiger partial charge in [0.2, 0.25) is 0 Å². The molecule has 0 fully saturated rings. The molecule has 0 atom stereocenters. The second-order valence-electron chi connectivity index (χ2n) is 4.95. The van der Waals surface area contributed by atoms with Crippen LogP contribution in [0.2, 0.25) is 0 Å². The number of hydrogen-bond acceptors (Lipinski definition) is 3. The Balaban J connectivity index is 2.04. The second-order valence-corrected chi connectivity index (χ2v) is 4.95. The zero-order chi connectivity index (χ0) is 14.7. The monoisotopic (exact) mass is 281 g/mol. The standard InChI is InChI=1S/C16H19N5/c1-3-10-21-16(19-14(4-2)20-21)13-7-5-6-12(11-13)15-17-8-9-18-15/h5-9,11H,3-4,10H2,1-2H3,(H,17,18). The second kappa shape index (κ2) is 5.91. The van der Waals surface area contributed by atoms with Crippen LogP contribution in [0.5, 0.6) is 0 Å². The van der Waals surface area contributed by atoms with Crippen molar-refractivity contribution in [3.05, 3.63) is 42.5 Å². The van der Waals surface area contributed by atoms with Gasteiger partial charge in [0.1, 0.15) is 5.82 Å². The topological polar surface area (TPSA) is 59.4 Å². The molecule has 5 nitrogen and oxygen atoms in total. The predicted molar refractivity (Wildman–Crippen MR) is 82.7 cm³/mol. The van der Waals surface area contributed by atoms with E-state index in [1.165, 1.54) is 0 Å². The molecule has 0 aliphatic rings. The van der Waals surface area contributed by atoms with Crippen molar-refractivity contribution < 1.29 is 0 Å². The summed E-state index contributed by atoms with van der Waals surface area (Å²) in [5, 5.41) is 4.57. The van der Waals surface area contributed by atoms with Gasteiger partial charge in [0.25, 0.3) is 0 Å². The molecule has 2 heterocycles. The molecule has 0 aliphatic heterocycles. The zero-order valence-corrected chi connectivity index (χ0v) is 12.4. The van der Waals surface area contributed by atoms with E-state index in [1.807, 2.05) is 23.0 Å². The lowest BCUT2D eigenvalue weighted by atomic mass is 10.1. The molecule has 0 unspecified atom stereocenters. The van der Waals surface area contributed by atoms with Crippen LogP contribution in [-0.2, 0) is 13.0 Å². The highest BCUT2D eigenvalue weighted by molar-refractivity contribution is 5.66. The molecule has 108 valence electrons. The van der Waals surface area contributed by atoms with Crippen LogP contribution >= 0.6 is 0 Å². The molecule has 3 rings (SSSR count). The van der Waals surface area contributed by atoms with Crippen LogP contribution in [-0.4, -0.2) is 24.7 Å². The van der Waals surface area contributed by atoms with Gasteiger partial charge in [-0.3, -0.25) is 0 Å². The molecule has 5 heteroatoms. The number of aromatic amines is 1. The molecule has 1 N–H and O–H groups in total. The summed E-state index contributed by atoms with van der Waals surface area (Å²) >= 11 is 0. The van der Waals surface area contributed by atoms with E-state index in [1.54, 1.807) is 6.20 Å². The van der Waals surface area contributed by atoms with Crippen LogP contribution in [0.25, 0.3) is 22.8 Å². The number of aromatic nitrogens is 5. The van der Waals surface area contributed by atoms with Gasteiger partial charge in [-0.25, -0.2) is 14.6 Å². The first-order valence-electron chi connectivity index (χ1n) is 7.35. The van der Waals surface area contributed by atoms with Crippen molar-refractivity contribution >= 4 is 0 Å². The Hall–Kier alpha value is -2.43. The fraction of sp³-hybridized carbons (Fsp3) is 0.312. The lowest BCUT2D eigenvalue weighted by Gasteiger charge is -2.05. The Morgan fingerprint density at radius 1 is 1.19 bits per heavy atom. The van der Waals surface area contributed by atoms with E-state index in [-0.39, 0.29) is 0 Å². The average molecular weight is 281 g/mol. The quantitative estimate of drug-likeness (QED) is 0.780. The molecule has 1 aromatic carbocycles. The fourth-order valence-corrected chi connectivity index (χ4v) is 2.35. The molecule has 0 aliphatic carbocycles. The first kappa shape index (κ1) is 13.5. The SMILES string of the molecule is CCCn1nc(CC)nc1-c1cccc(-c2ncc[nH]2)c1. The van der Waals surface area contributed by atoms with Crippen LogP contribution in [0.4, 0.5) is 0 Å². The molecule has 0 bridgehead atoms. The van der Waals surface area contributed by atoms with Crippen LogP contribution < -0.4 is 0 Å². The maximum atomic E-state index is 4.66. The predicted octanol–water partition coefficient (Wildman–Crippen LogP) is 3.31. The van der Waals surface area contributed by atoms with Gasteiger partial charge in [-0.05, 0) is 12.5 Å². The minimum atomic E-state index is 0.849. The van der Waals surface area contributed by atoms with Gasteiger partial charge >= 0.3 is 0 Å². The van der Waals surface area contributed by atoms with E-state index >= 15 is 0 Å². The summed E-state index contributed by atoms with van der Waals surface area (Å²) in [6.07, 6.45) is 5.48. The summed E-state index contributed by atoms with van der Waals surface area (Å²) in [4.78, 5) is 12.1. The first-order valence-corrected chi connectivity index (χ1v) is 7.35. The van der Waals surface area contributed by atoms with Crippen molar-refractivity contribution in [3.8, 4) is 22.8 Å². The normalized spacial score (nSPS) is 11.0. The van der Waals surface area contributed by atoms with Crippen molar-refractivity contribution in [1.82, 2.24) is 24.7 Å². The van der Waals surface area contributed by atoms with Crippen molar-refractivity contribution in [2.24, 2.45) is 0 Å². The Labute approximate surface area is 124 Å². The van der Waals surface area contributed by atoms with Gasteiger partial charge in [-0.1, -0.05) is 32.0 Å². The van der Waals surface area contributed by atoms with E-state index in [4.69, 9.17) is 0 Å². The van der Waals surface area contributed by atoms with E-state index < -0.39 is 0 Å². The van der Waals surface area contributed by atoms with Crippen molar-refractivity contribution in [2.75, 3.05) is 0 Å². The third kappa shape index (κ3) is 2.72. The molecule has 0 saturated heterocycles. The maximum Gasteiger partial charge on any atom is 0.158 e. The Morgan fingerprint density at radius 2 is 2.05 bits per heavy atom. The zero-order valence-electron chi connectivity index (χ0n) is 12.4. The number of aryl methyl sites for hydroxylation is 2. The highest BCUT2D eigenvalue weighted by Gasteiger charge is 2.11. The minimum absolute atomic E-state index is 0.849. The van der Waals surface area contributed by atoms with Gasteiger partial charge in [0, 0.05) is 36.5 Å². The number of hydrogen-bond donors (Lipinski definition) is 1. The fourth-order valence-electron chi connectivity index (χ4n) is 2.35. The number of benzene rings is 1. The maximum absolute atomic E-state index is 4.66. The molecule has 21 heavy (non-hydrogen) atoms. The molecule has 0 radical (unpaired) electrons. The third-order valence-corrected chi connectivity index (χ3v) is 3.36. The minimum Gasteiger partial charge on any atom is -0.345 e. The number of rotatable bonds is 5. The van der Waals surface area contributed by atoms with Crippen molar-refractivity contribution in [1.29, 1.82) is 0 Å². The number of H-pyrrole nitrogens is 1. The molecular formula is C16H19N5. The van der Waals surface area contributed by atoms with Gasteiger partial charge in [0.05, 0.1) is 0 Å². The first-order chi connectivity index (χ1) is 10.3. The molecule has 3 aromatic rings. The highest BCUT2D eigenvalue weighted by atomic mass is 15.3. The number of nitrogens with zero attached hydrogens (tertiary/aromatic N) is 4. The summed E-state index contributed by atoms with van der Waals surface area (Å²) in [6, 6.07) is 8.25. The van der Waals surface area contributed by atoms with Gasteiger partial charge in [-0.15, -0.1) is 0 Å². The van der Waals surface area contributed by atoms with E-state index in [0.29, 0.717) is 0 Å². The van der Waals surface area contributed by atoms with Crippen LogP contribution in [0.15, 0.2) is 36.7 Å². The molecule has 0 saturated carbocycles. The summed E-state index contributed by atoms with van der Waals surface area (Å²) < 4.78 is 2.00. The van der Waals surface area contributed by atoms with Crippen molar-refractivity contribution in [3.63, 3.8) is 0 Å². The summed E-state index contributed by atoms with van der Waals surface area (Å²) in [6.45, 7) is 5.11. The summed E-state index contributed by atoms with van der Waals surface area (Å²) in [7, 11) is 0. The largest absolute Gasteiger partial charge is 0.345 e. The Kier molecular flexibility index (Phi) is 3.81. The van der Waals surface area contributed by atoms with Crippen LogP contribution in [0, 0.1) is 0 Å². The smallest absolute Gasteiger partial charge is 0.158 e. The van der Waals surface area contributed by atoms with Gasteiger partial charge in [0.15, 0.2) is 11.6 Å². The molecule has 0 spiro atoms. The number of nitrogens with one attached hydrogen (secondary N) is 1. The average Bonchev–Trinajstić information content (AvgIpc) is 3.17. The molecule has 2 aromatic heterocycles. The van der Waals surface area contributed by atoms with Crippen LogP contribution in [0.3, 0.4) is 0 Å². The van der Waals surface area contributed by atoms with E-state index in [2.05, 4.69) is 46.0 Å². The lowest BCUT2D eigenvalue weighted by Crippen LogP contribution is -2.02. The number of imidazole rings is 1. The summed E-state index contributed by atoms with van der Waals surface area (Å²) in [5.74, 6) is 2.69. The van der Waals surface area contributed by atoms with Gasteiger partial charge < -0.3 is 4.98 Å². The van der Waals surface area contributed by atoms with Gasteiger partial charge in [-0.2, -0.15) is 5.10 Å². The third-order valence-electron chi connectivity index (χ3n) is 3.36. The van der Waals surface area contributed by atoms with E-state index in [9.17, 15) is 0 Å². The van der Waals surface area contributed by atoms with E-state index in [0.717, 1.165) is 48.0 Å². The molecule has 0 amide bonds. The van der Waals surface area contributed by atoms with Crippen LogP contribution in [0.1, 0.15) is 26.1 Å². The Morgan fingerprint density at radius 3 is 2.76 bits per heavy atom. The highest BCUT2D eigenvalue weighted by Crippen LogP contribution is 2.23.